The Hall–Kier alpha value is -2.22. The van der Waals surface area contributed by atoms with Gasteiger partial charge >= 0.3 is 0 Å². The van der Waals surface area contributed by atoms with E-state index in [4.69, 9.17) is 4.74 Å². The summed E-state index contributed by atoms with van der Waals surface area (Å²) in [6.07, 6.45) is 2.34. The Bertz CT molecular complexity index is 975. The molecule has 0 fully saturated rings. The standard InChI is InChI=1S/C21H22BrN3O2S/c1-15(26)25-20(2,3)10-7-11-21(28-4,12-13-23)27-19-17(22)14-16-8-5-6-9-18(16)24-19/h5-6,8-9,14H,11-12H2,1-4H3,(H,25,26). The van der Waals surface area contributed by atoms with Gasteiger partial charge in [0.2, 0.25) is 11.8 Å². The van der Waals surface area contributed by atoms with E-state index in [-0.39, 0.29) is 12.3 Å². The lowest BCUT2D eigenvalue weighted by molar-refractivity contribution is -0.119. The molecule has 1 heterocycles. The van der Waals surface area contributed by atoms with Gasteiger partial charge < -0.3 is 10.1 Å². The second kappa shape index (κ2) is 9.32. The van der Waals surface area contributed by atoms with Crippen LogP contribution >= 0.6 is 27.7 Å². The van der Waals surface area contributed by atoms with Crippen molar-refractivity contribution >= 4 is 44.5 Å². The molecule has 1 N–H and O–H groups in total. The van der Waals surface area contributed by atoms with Gasteiger partial charge in [-0.25, -0.2) is 4.98 Å². The number of nitrogens with zero attached hydrogens (tertiary/aromatic N) is 2. The van der Waals surface area contributed by atoms with Crippen molar-refractivity contribution in [1.29, 1.82) is 5.26 Å². The molecule has 0 aliphatic rings. The average molecular weight is 460 g/mol. The summed E-state index contributed by atoms with van der Waals surface area (Å²) >= 11 is 4.93. The second-order valence-electron chi connectivity index (χ2n) is 6.80. The van der Waals surface area contributed by atoms with Crippen LogP contribution in [0.25, 0.3) is 10.9 Å². The zero-order chi connectivity index (χ0) is 20.8. The Labute approximate surface area is 178 Å². The molecule has 0 aliphatic carbocycles. The van der Waals surface area contributed by atoms with Crippen LogP contribution in [0.4, 0.5) is 0 Å². The Balaban J connectivity index is 2.32. The number of benzene rings is 1. The predicted octanol–water partition coefficient (Wildman–Crippen LogP) is 4.66. The first kappa shape index (κ1) is 22.1. The highest BCUT2D eigenvalue weighted by molar-refractivity contribution is 9.10. The highest BCUT2D eigenvalue weighted by Crippen LogP contribution is 2.37. The number of nitriles is 1. The van der Waals surface area contributed by atoms with Gasteiger partial charge in [0, 0.05) is 12.3 Å². The van der Waals surface area contributed by atoms with Crippen molar-refractivity contribution in [3.8, 4) is 23.8 Å². The molecule has 2 aromatic rings. The minimum atomic E-state index is -0.869. The minimum Gasteiger partial charge on any atom is -0.457 e. The maximum Gasteiger partial charge on any atom is 0.230 e. The molecular formula is C21H22BrN3O2S. The van der Waals surface area contributed by atoms with E-state index in [2.05, 4.69) is 44.1 Å². The van der Waals surface area contributed by atoms with Crippen LogP contribution in [-0.2, 0) is 4.79 Å². The SMILES string of the molecule is CSC(CC#N)(CC#CC(C)(C)NC(C)=O)Oc1nc2ccccc2cc1Br. The Kier molecular flexibility index (Phi) is 7.35. The summed E-state index contributed by atoms with van der Waals surface area (Å²) < 4.78 is 6.94. The van der Waals surface area contributed by atoms with Gasteiger partial charge in [0.25, 0.3) is 0 Å². The molecule has 1 amide bonds. The van der Waals surface area contributed by atoms with Gasteiger partial charge in [0.15, 0.2) is 4.93 Å². The van der Waals surface area contributed by atoms with Gasteiger partial charge in [-0.2, -0.15) is 5.26 Å². The number of aromatic nitrogens is 1. The van der Waals surface area contributed by atoms with E-state index in [1.807, 2.05) is 50.4 Å². The van der Waals surface area contributed by atoms with Crippen molar-refractivity contribution in [1.82, 2.24) is 10.3 Å². The maximum absolute atomic E-state index is 11.3. The van der Waals surface area contributed by atoms with Crippen LogP contribution in [0.1, 0.15) is 33.6 Å². The van der Waals surface area contributed by atoms with E-state index >= 15 is 0 Å². The molecule has 1 aromatic heterocycles. The highest BCUT2D eigenvalue weighted by atomic mass is 79.9. The molecule has 0 saturated carbocycles. The molecular weight excluding hydrogens is 438 g/mol. The summed E-state index contributed by atoms with van der Waals surface area (Å²) in [4.78, 5) is 15.0. The molecule has 0 radical (unpaired) electrons. The number of nitrogens with one attached hydrogen (secondary N) is 1. The van der Waals surface area contributed by atoms with E-state index in [0.29, 0.717) is 16.8 Å². The van der Waals surface area contributed by atoms with Crippen LogP contribution < -0.4 is 10.1 Å². The Morgan fingerprint density at radius 1 is 1.36 bits per heavy atom. The number of amides is 1. The van der Waals surface area contributed by atoms with Crippen LogP contribution in [0, 0.1) is 23.2 Å². The second-order valence-corrected chi connectivity index (χ2v) is 8.81. The maximum atomic E-state index is 11.3. The normalized spacial score (nSPS) is 13.0. The summed E-state index contributed by atoms with van der Waals surface area (Å²) in [7, 11) is 0. The quantitative estimate of drug-likeness (QED) is 0.502. The van der Waals surface area contributed by atoms with Gasteiger partial charge in [0.1, 0.15) is 0 Å². The average Bonchev–Trinajstić information content (AvgIpc) is 2.61. The minimum absolute atomic E-state index is 0.143. The van der Waals surface area contributed by atoms with Crippen LogP contribution in [0.2, 0.25) is 0 Å². The molecule has 1 unspecified atom stereocenters. The number of halogens is 1. The Morgan fingerprint density at radius 3 is 2.71 bits per heavy atom. The number of hydrogen-bond donors (Lipinski definition) is 1. The van der Waals surface area contributed by atoms with Crippen molar-refractivity contribution in [3.05, 3.63) is 34.8 Å². The molecule has 2 rings (SSSR count). The van der Waals surface area contributed by atoms with Gasteiger partial charge in [0.05, 0.1) is 34.4 Å². The lowest BCUT2D eigenvalue weighted by Gasteiger charge is -2.29. The molecule has 28 heavy (non-hydrogen) atoms. The number of pyridine rings is 1. The molecule has 7 heteroatoms. The number of rotatable bonds is 6. The first-order valence-corrected chi connectivity index (χ1v) is 10.7. The predicted molar refractivity (Wildman–Crippen MR) is 117 cm³/mol. The van der Waals surface area contributed by atoms with E-state index in [0.717, 1.165) is 10.9 Å². The molecule has 1 atom stereocenters. The fourth-order valence-corrected chi connectivity index (χ4v) is 3.64. The number of ether oxygens (including phenoxy) is 1. The van der Waals surface area contributed by atoms with Crippen LogP contribution in [0.15, 0.2) is 34.8 Å². The molecule has 0 spiro atoms. The molecule has 0 bridgehead atoms. The van der Waals surface area contributed by atoms with E-state index in [1.165, 1.54) is 18.7 Å². The van der Waals surface area contributed by atoms with E-state index in [9.17, 15) is 10.1 Å². The zero-order valence-electron chi connectivity index (χ0n) is 16.3. The third-order valence-corrected chi connectivity index (χ3v) is 5.58. The van der Waals surface area contributed by atoms with Crippen molar-refractivity contribution in [2.24, 2.45) is 0 Å². The van der Waals surface area contributed by atoms with Gasteiger partial charge in [-0.05, 0) is 48.2 Å². The lowest BCUT2D eigenvalue weighted by Crippen LogP contribution is -2.41. The van der Waals surface area contributed by atoms with Crippen molar-refractivity contribution < 1.29 is 9.53 Å². The van der Waals surface area contributed by atoms with Crippen molar-refractivity contribution in [2.75, 3.05) is 6.26 Å². The first-order valence-electron chi connectivity index (χ1n) is 8.65. The largest absolute Gasteiger partial charge is 0.457 e. The summed E-state index contributed by atoms with van der Waals surface area (Å²) in [6, 6.07) is 11.9. The summed E-state index contributed by atoms with van der Waals surface area (Å²) in [5, 5.41) is 13.1. The third-order valence-electron chi connectivity index (χ3n) is 3.90. The number of hydrogen-bond acceptors (Lipinski definition) is 5. The summed E-state index contributed by atoms with van der Waals surface area (Å²) in [5.41, 5.74) is 0.148. The smallest absolute Gasteiger partial charge is 0.230 e. The summed E-state index contributed by atoms with van der Waals surface area (Å²) in [5.74, 6) is 6.41. The van der Waals surface area contributed by atoms with E-state index < -0.39 is 10.5 Å². The zero-order valence-corrected chi connectivity index (χ0v) is 18.7. The number of carbonyl (C=O) groups is 1. The molecule has 146 valence electrons. The fourth-order valence-electron chi connectivity index (χ4n) is 2.63. The number of thioether (sulfide) groups is 1. The lowest BCUT2D eigenvalue weighted by atomic mass is 10.1. The number of para-hydroxylation sites is 1. The van der Waals surface area contributed by atoms with Gasteiger partial charge in [-0.1, -0.05) is 30.0 Å². The van der Waals surface area contributed by atoms with Gasteiger partial charge in [-0.3, -0.25) is 4.79 Å². The van der Waals surface area contributed by atoms with Crippen molar-refractivity contribution in [2.45, 2.75) is 44.1 Å². The Morgan fingerprint density at radius 2 is 2.07 bits per heavy atom. The summed E-state index contributed by atoms with van der Waals surface area (Å²) in [6.45, 7) is 5.11. The van der Waals surface area contributed by atoms with Crippen LogP contribution in [0.5, 0.6) is 5.88 Å². The monoisotopic (exact) mass is 459 g/mol. The molecule has 0 saturated heterocycles. The topological polar surface area (TPSA) is 75.0 Å². The van der Waals surface area contributed by atoms with E-state index in [1.54, 1.807) is 0 Å². The number of fused-ring (bicyclic) bond motifs is 1. The van der Waals surface area contributed by atoms with Crippen LogP contribution in [-0.4, -0.2) is 27.6 Å². The fraction of sp³-hybridized carbons (Fsp3) is 0.381. The third kappa shape index (κ3) is 5.89. The molecule has 0 aliphatic heterocycles. The molecule has 1 aromatic carbocycles. The van der Waals surface area contributed by atoms with Gasteiger partial charge in [-0.15, -0.1) is 11.8 Å². The van der Waals surface area contributed by atoms with Crippen molar-refractivity contribution in [3.63, 3.8) is 0 Å². The first-order chi connectivity index (χ1) is 13.2. The highest BCUT2D eigenvalue weighted by Gasteiger charge is 2.32. The number of carbonyl (C=O) groups excluding carboxylic acids is 1. The molecule has 5 nitrogen and oxygen atoms in total. The van der Waals surface area contributed by atoms with Crippen LogP contribution in [0.3, 0.4) is 0 Å².